The molecule has 3 heteroatoms. The summed E-state index contributed by atoms with van der Waals surface area (Å²) in [4.78, 5) is 2.36. The number of rotatable bonds is 1. The van der Waals surface area contributed by atoms with E-state index < -0.39 is 5.60 Å². The number of piperidine rings is 3. The largest absolute Gasteiger partial charge is 0.384 e. The van der Waals surface area contributed by atoms with Gasteiger partial charge >= 0.3 is 0 Å². The lowest BCUT2D eigenvalue weighted by molar-refractivity contribution is -0.117. The van der Waals surface area contributed by atoms with Gasteiger partial charge in [0.1, 0.15) is 5.60 Å². The summed E-state index contributed by atoms with van der Waals surface area (Å²) in [7, 11) is 0. The number of halogens is 1. The first-order chi connectivity index (χ1) is 7.68. The molecule has 0 saturated carbocycles. The van der Waals surface area contributed by atoms with E-state index in [-0.39, 0.29) is 0 Å². The molecule has 1 unspecified atom stereocenters. The normalized spacial score (nSPS) is 37.6. The second kappa shape index (κ2) is 3.73. The van der Waals surface area contributed by atoms with E-state index in [2.05, 4.69) is 4.90 Å². The molecule has 0 aromatic heterocycles. The van der Waals surface area contributed by atoms with Crippen molar-refractivity contribution in [3.8, 4) is 0 Å². The van der Waals surface area contributed by atoms with Crippen LogP contribution in [0.25, 0.3) is 0 Å². The summed E-state index contributed by atoms with van der Waals surface area (Å²) in [5, 5.41) is 11.6. The Morgan fingerprint density at radius 1 is 1.19 bits per heavy atom. The van der Waals surface area contributed by atoms with Crippen molar-refractivity contribution < 1.29 is 5.11 Å². The molecule has 1 atom stereocenters. The molecule has 2 nitrogen and oxygen atoms in total. The Hall–Kier alpha value is -0.570. The monoisotopic (exact) mass is 237 g/mol. The Morgan fingerprint density at radius 2 is 1.81 bits per heavy atom. The zero-order chi connectivity index (χ0) is 11.2. The first kappa shape index (κ1) is 10.6. The van der Waals surface area contributed by atoms with Gasteiger partial charge in [-0.2, -0.15) is 0 Å². The summed E-state index contributed by atoms with van der Waals surface area (Å²) < 4.78 is 0. The predicted molar refractivity (Wildman–Crippen MR) is 64.5 cm³/mol. The topological polar surface area (TPSA) is 23.5 Å². The Labute approximate surface area is 101 Å². The van der Waals surface area contributed by atoms with Crippen molar-refractivity contribution in [1.82, 2.24) is 4.90 Å². The molecule has 1 aromatic rings. The Bertz CT molecular complexity index is 383. The van der Waals surface area contributed by atoms with Gasteiger partial charge in [-0.05, 0) is 49.5 Å². The molecule has 2 bridgehead atoms. The lowest BCUT2D eigenvalue weighted by Crippen LogP contribution is -2.57. The number of hydrogen-bond acceptors (Lipinski definition) is 2. The predicted octanol–water partition coefficient (Wildman–Crippen LogP) is 2.25. The van der Waals surface area contributed by atoms with Crippen molar-refractivity contribution in [1.29, 1.82) is 0 Å². The zero-order valence-electron chi connectivity index (χ0n) is 9.19. The van der Waals surface area contributed by atoms with E-state index >= 15 is 0 Å². The summed E-state index contributed by atoms with van der Waals surface area (Å²) in [6.07, 6.45) is 2.22. The first-order valence-corrected chi connectivity index (χ1v) is 6.27. The van der Waals surface area contributed by atoms with Crippen LogP contribution in [0.5, 0.6) is 0 Å². The molecule has 0 radical (unpaired) electrons. The van der Waals surface area contributed by atoms with Gasteiger partial charge in [-0.15, -0.1) is 0 Å². The van der Waals surface area contributed by atoms with Crippen LogP contribution in [-0.4, -0.2) is 29.6 Å². The summed E-state index contributed by atoms with van der Waals surface area (Å²) in [5.41, 5.74) is 0.368. The van der Waals surface area contributed by atoms with E-state index in [1.807, 2.05) is 24.3 Å². The van der Waals surface area contributed by atoms with E-state index in [0.29, 0.717) is 5.92 Å². The molecule has 3 heterocycles. The van der Waals surface area contributed by atoms with Crippen LogP contribution in [0.3, 0.4) is 0 Å². The standard InChI is InChI=1S/C13H16ClNO/c14-12-3-1-10(2-4-12)13(16)9-15-7-5-11(13)6-8-15/h1-4,11,16H,5-9H2. The highest BCUT2D eigenvalue weighted by atomic mass is 35.5. The maximum atomic E-state index is 10.8. The van der Waals surface area contributed by atoms with Crippen molar-refractivity contribution in [3.05, 3.63) is 34.9 Å². The van der Waals surface area contributed by atoms with Crippen LogP contribution in [0.15, 0.2) is 24.3 Å². The van der Waals surface area contributed by atoms with Crippen LogP contribution in [0.1, 0.15) is 18.4 Å². The van der Waals surface area contributed by atoms with Gasteiger partial charge in [0.25, 0.3) is 0 Å². The fourth-order valence-corrected chi connectivity index (χ4v) is 3.23. The highest BCUT2D eigenvalue weighted by Gasteiger charge is 2.46. The average Bonchev–Trinajstić information content (AvgIpc) is 2.31. The molecule has 3 aliphatic heterocycles. The Balaban J connectivity index is 1.95. The van der Waals surface area contributed by atoms with Gasteiger partial charge in [-0.1, -0.05) is 23.7 Å². The van der Waals surface area contributed by atoms with Crippen molar-refractivity contribution in [2.24, 2.45) is 5.92 Å². The number of aliphatic hydroxyl groups is 1. The minimum absolute atomic E-state index is 0.415. The molecule has 3 fully saturated rings. The molecule has 16 heavy (non-hydrogen) atoms. The van der Waals surface area contributed by atoms with E-state index in [1.54, 1.807) is 0 Å². The fraction of sp³-hybridized carbons (Fsp3) is 0.538. The van der Waals surface area contributed by atoms with Crippen LogP contribution >= 0.6 is 11.6 Å². The average molecular weight is 238 g/mol. The van der Waals surface area contributed by atoms with Gasteiger partial charge < -0.3 is 10.0 Å². The second-order valence-corrected chi connectivity index (χ2v) is 5.42. The van der Waals surface area contributed by atoms with Crippen molar-refractivity contribution >= 4 is 11.6 Å². The molecule has 1 N–H and O–H groups in total. The van der Waals surface area contributed by atoms with Crippen LogP contribution in [0.4, 0.5) is 0 Å². The van der Waals surface area contributed by atoms with Gasteiger partial charge in [0.05, 0.1) is 0 Å². The third kappa shape index (κ3) is 1.56. The van der Waals surface area contributed by atoms with Crippen molar-refractivity contribution in [2.45, 2.75) is 18.4 Å². The summed E-state index contributed by atoms with van der Waals surface area (Å²) in [5.74, 6) is 0.415. The Kier molecular flexibility index (Phi) is 2.46. The van der Waals surface area contributed by atoms with Gasteiger partial charge in [0.15, 0.2) is 0 Å². The number of fused-ring (bicyclic) bond motifs is 3. The van der Waals surface area contributed by atoms with Crippen LogP contribution < -0.4 is 0 Å². The molecule has 3 saturated heterocycles. The third-order valence-electron chi connectivity index (χ3n) is 4.07. The van der Waals surface area contributed by atoms with Crippen LogP contribution in [0.2, 0.25) is 5.02 Å². The minimum Gasteiger partial charge on any atom is -0.384 e. The van der Waals surface area contributed by atoms with Gasteiger partial charge in [-0.25, -0.2) is 0 Å². The van der Waals surface area contributed by atoms with Crippen LogP contribution in [0, 0.1) is 5.92 Å². The van der Waals surface area contributed by atoms with Gasteiger partial charge in [0, 0.05) is 11.6 Å². The van der Waals surface area contributed by atoms with Crippen molar-refractivity contribution in [3.63, 3.8) is 0 Å². The third-order valence-corrected chi connectivity index (χ3v) is 4.32. The van der Waals surface area contributed by atoms with Gasteiger partial charge in [-0.3, -0.25) is 0 Å². The molecule has 0 spiro atoms. The smallest absolute Gasteiger partial charge is 0.105 e. The highest BCUT2D eigenvalue weighted by Crippen LogP contribution is 2.42. The van der Waals surface area contributed by atoms with Crippen molar-refractivity contribution in [2.75, 3.05) is 19.6 Å². The van der Waals surface area contributed by atoms with Gasteiger partial charge in [0.2, 0.25) is 0 Å². The quantitative estimate of drug-likeness (QED) is 0.810. The number of hydrogen-bond donors (Lipinski definition) is 1. The molecule has 4 rings (SSSR count). The zero-order valence-corrected chi connectivity index (χ0v) is 9.95. The first-order valence-electron chi connectivity index (χ1n) is 5.89. The molecule has 0 aliphatic carbocycles. The SMILES string of the molecule is OC1(c2ccc(Cl)cc2)CN2CCC1CC2. The maximum absolute atomic E-state index is 10.8. The Morgan fingerprint density at radius 3 is 2.31 bits per heavy atom. The highest BCUT2D eigenvalue weighted by molar-refractivity contribution is 6.30. The lowest BCUT2D eigenvalue weighted by Gasteiger charge is -2.50. The molecule has 86 valence electrons. The molecule has 1 aromatic carbocycles. The maximum Gasteiger partial charge on any atom is 0.105 e. The second-order valence-electron chi connectivity index (χ2n) is 4.98. The molecular weight excluding hydrogens is 222 g/mol. The van der Waals surface area contributed by atoms with E-state index in [9.17, 15) is 5.11 Å². The minimum atomic E-state index is -0.652. The fourth-order valence-electron chi connectivity index (χ4n) is 3.10. The van der Waals surface area contributed by atoms with Crippen LogP contribution in [-0.2, 0) is 5.60 Å². The van der Waals surface area contributed by atoms with E-state index in [4.69, 9.17) is 11.6 Å². The number of nitrogens with zero attached hydrogens (tertiary/aromatic N) is 1. The van der Waals surface area contributed by atoms with E-state index in [0.717, 1.165) is 43.1 Å². The summed E-state index contributed by atoms with van der Waals surface area (Å²) in [6, 6.07) is 7.66. The summed E-state index contributed by atoms with van der Waals surface area (Å²) in [6.45, 7) is 3.06. The summed E-state index contributed by atoms with van der Waals surface area (Å²) >= 11 is 5.88. The molecule has 0 amide bonds. The number of benzene rings is 1. The molecular formula is C13H16ClNO. The molecule has 3 aliphatic rings. The lowest BCUT2D eigenvalue weighted by atomic mass is 9.72. The van der Waals surface area contributed by atoms with E-state index in [1.165, 1.54) is 0 Å².